The summed E-state index contributed by atoms with van der Waals surface area (Å²) in [5.74, 6) is -3.77. The van der Waals surface area contributed by atoms with Crippen LogP contribution in [0.15, 0.2) is 18.2 Å². The van der Waals surface area contributed by atoms with E-state index in [1.165, 1.54) is 6.07 Å². The van der Waals surface area contributed by atoms with E-state index in [1.54, 1.807) is 32.9 Å². The molecule has 0 aliphatic heterocycles. The van der Waals surface area contributed by atoms with Crippen molar-refractivity contribution in [1.82, 2.24) is 0 Å². The molecule has 2 atom stereocenters. The summed E-state index contributed by atoms with van der Waals surface area (Å²) in [4.78, 5) is 34.4. The second-order valence-corrected chi connectivity index (χ2v) is 5.89. The molecule has 6 nitrogen and oxygen atoms in total. The van der Waals surface area contributed by atoms with E-state index in [9.17, 15) is 14.4 Å². The molecule has 1 saturated carbocycles. The number of benzene rings is 1. The molecule has 3 N–H and O–H groups in total. The lowest BCUT2D eigenvalue weighted by atomic mass is 10.1. The number of anilines is 1. The van der Waals surface area contributed by atoms with Gasteiger partial charge in [0.1, 0.15) is 0 Å². The molecular formula is C15H17NO5. The molecule has 1 amide bonds. The number of carboxylic acid groups (broad SMARTS) is 2. The molecular weight excluding hydrogens is 274 g/mol. The molecule has 0 saturated heterocycles. The zero-order valence-electron chi connectivity index (χ0n) is 12.0. The predicted molar refractivity (Wildman–Crippen MR) is 75.2 cm³/mol. The van der Waals surface area contributed by atoms with Gasteiger partial charge in [-0.2, -0.15) is 0 Å². The molecule has 1 aromatic rings. The van der Waals surface area contributed by atoms with Crippen molar-refractivity contribution in [3.63, 3.8) is 0 Å². The summed E-state index contributed by atoms with van der Waals surface area (Å²) >= 11 is 0. The molecule has 0 aromatic heterocycles. The summed E-state index contributed by atoms with van der Waals surface area (Å²) < 4.78 is 0. The van der Waals surface area contributed by atoms with Gasteiger partial charge < -0.3 is 15.5 Å². The molecule has 6 heteroatoms. The first-order valence-corrected chi connectivity index (χ1v) is 6.54. The third kappa shape index (κ3) is 2.49. The van der Waals surface area contributed by atoms with Crippen LogP contribution in [-0.4, -0.2) is 28.1 Å². The van der Waals surface area contributed by atoms with Gasteiger partial charge in [-0.25, -0.2) is 4.79 Å². The Morgan fingerprint density at radius 3 is 2.24 bits per heavy atom. The number of carbonyl (C=O) groups is 3. The van der Waals surface area contributed by atoms with Gasteiger partial charge in [-0.1, -0.05) is 19.9 Å². The van der Waals surface area contributed by atoms with Crippen LogP contribution in [0.2, 0.25) is 0 Å². The van der Waals surface area contributed by atoms with Gasteiger partial charge in [-0.3, -0.25) is 9.59 Å². The molecule has 1 fully saturated rings. The number of hydrogen-bond acceptors (Lipinski definition) is 3. The molecule has 21 heavy (non-hydrogen) atoms. The zero-order valence-corrected chi connectivity index (χ0v) is 12.0. The van der Waals surface area contributed by atoms with E-state index in [1.807, 2.05) is 0 Å². The normalized spacial score (nSPS) is 22.4. The third-order valence-electron chi connectivity index (χ3n) is 4.20. The van der Waals surface area contributed by atoms with Gasteiger partial charge in [0.05, 0.1) is 17.4 Å². The van der Waals surface area contributed by atoms with Crippen molar-refractivity contribution in [2.45, 2.75) is 20.8 Å². The average Bonchev–Trinajstić information content (AvgIpc) is 2.95. The third-order valence-corrected chi connectivity index (χ3v) is 4.20. The highest BCUT2D eigenvalue weighted by atomic mass is 16.4. The summed E-state index contributed by atoms with van der Waals surface area (Å²) in [6.45, 7) is 5.07. The van der Waals surface area contributed by atoms with Crippen LogP contribution in [-0.2, 0) is 9.59 Å². The van der Waals surface area contributed by atoms with Crippen LogP contribution in [0.5, 0.6) is 0 Å². The molecule has 0 heterocycles. The second kappa shape index (κ2) is 4.87. The minimum Gasteiger partial charge on any atom is -0.481 e. The number of carboxylic acids is 2. The fourth-order valence-corrected chi connectivity index (χ4v) is 2.80. The maximum Gasteiger partial charge on any atom is 0.336 e. The lowest BCUT2D eigenvalue weighted by molar-refractivity contribution is -0.140. The molecule has 1 aromatic carbocycles. The zero-order chi connectivity index (χ0) is 15.9. The van der Waals surface area contributed by atoms with E-state index < -0.39 is 35.1 Å². The first-order valence-electron chi connectivity index (χ1n) is 6.54. The van der Waals surface area contributed by atoms with Crippen molar-refractivity contribution < 1.29 is 24.6 Å². The quantitative estimate of drug-likeness (QED) is 0.787. The fourth-order valence-electron chi connectivity index (χ4n) is 2.80. The highest BCUT2D eigenvalue weighted by molar-refractivity contribution is 6.01. The van der Waals surface area contributed by atoms with Gasteiger partial charge in [0.25, 0.3) is 0 Å². The van der Waals surface area contributed by atoms with Crippen molar-refractivity contribution in [1.29, 1.82) is 0 Å². The van der Waals surface area contributed by atoms with E-state index in [0.717, 1.165) is 0 Å². The van der Waals surface area contributed by atoms with Gasteiger partial charge in [-0.15, -0.1) is 0 Å². The minimum atomic E-state index is -1.07. The standard InChI is InChI=1S/C15H17NO5/c1-7-8(13(18)19)5-4-6-9(7)16-12(17)10-11(14(20)21)15(10,2)3/h4-6,10-11H,1-3H3,(H,16,17)(H,18,19)(H,20,21)/t10-,11+/m1/s1. The van der Waals surface area contributed by atoms with Gasteiger partial charge in [0.15, 0.2) is 0 Å². The monoisotopic (exact) mass is 291 g/mol. The summed E-state index contributed by atoms with van der Waals surface area (Å²) in [7, 11) is 0. The van der Waals surface area contributed by atoms with Crippen LogP contribution in [0.3, 0.4) is 0 Å². The van der Waals surface area contributed by atoms with Gasteiger partial charge >= 0.3 is 11.9 Å². The van der Waals surface area contributed by atoms with Crippen LogP contribution < -0.4 is 5.32 Å². The first kappa shape index (κ1) is 15.0. The maximum atomic E-state index is 12.2. The Morgan fingerprint density at radius 1 is 1.14 bits per heavy atom. The van der Waals surface area contributed by atoms with Gasteiger partial charge in [0.2, 0.25) is 5.91 Å². The Bertz CT molecular complexity index is 635. The van der Waals surface area contributed by atoms with Crippen molar-refractivity contribution in [2.75, 3.05) is 5.32 Å². The highest BCUT2D eigenvalue weighted by Gasteiger charge is 2.65. The molecule has 1 aliphatic carbocycles. The van der Waals surface area contributed by atoms with E-state index in [4.69, 9.17) is 10.2 Å². The first-order chi connectivity index (χ1) is 9.67. The van der Waals surface area contributed by atoms with Crippen molar-refractivity contribution in [3.05, 3.63) is 29.3 Å². The number of nitrogens with one attached hydrogen (secondary N) is 1. The summed E-state index contributed by atoms with van der Waals surface area (Å²) in [6, 6.07) is 4.60. The Balaban J connectivity index is 2.21. The van der Waals surface area contributed by atoms with Crippen molar-refractivity contribution in [2.24, 2.45) is 17.3 Å². The number of rotatable bonds is 4. The average molecular weight is 291 g/mol. The Labute approximate surface area is 121 Å². The molecule has 0 radical (unpaired) electrons. The molecule has 0 spiro atoms. The summed E-state index contributed by atoms with van der Waals surface area (Å²) in [6.07, 6.45) is 0. The molecule has 0 bridgehead atoms. The van der Waals surface area contributed by atoms with Crippen LogP contribution in [0.1, 0.15) is 29.8 Å². The van der Waals surface area contributed by atoms with E-state index in [0.29, 0.717) is 11.3 Å². The smallest absolute Gasteiger partial charge is 0.336 e. The Kier molecular flexibility index (Phi) is 3.49. The molecule has 2 rings (SSSR count). The second-order valence-electron chi connectivity index (χ2n) is 5.89. The van der Waals surface area contributed by atoms with Crippen LogP contribution in [0, 0.1) is 24.2 Å². The fraction of sp³-hybridized carbons (Fsp3) is 0.400. The van der Waals surface area contributed by atoms with E-state index >= 15 is 0 Å². The molecule has 0 unspecified atom stereocenters. The summed E-state index contributed by atoms with van der Waals surface area (Å²) in [5.41, 5.74) is 0.363. The maximum absolute atomic E-state index is 12.2. The largest absolute Gasteiger partial charge is 0.481 e. The Morgan fingerprint density at radius 2 is 1.76 bits per heavy atom. The SMILES string of the molecule is Cc1c(NC(=O)[C@H]2[C@@H](C(=O)O)C2(C)C)cccc1C(=O)O. The van der Waals surface area contributed by atoms with Crippen molar-refractivity contribution in [3.8, 4) is 0 Å². The summed E-state index contributed by atoms with van der Waals surface area (Å²) in [5, 5.41) is 20.8. The topological polar surface area (TPSA) is 104 Å². The predicted octanol–water partition coefficient (Wildman–Crippen LogP) is 1.99. The number of amides is 1. The van der Waals surface area contributed by atoms with E-state index in [2.05, 4.69) is 5.32 Å². The number of carbonyl (C=O) groups excluding carboxylic acids is 1. The van der Waals surface area contributed by atoms with Crippen LogP contribution in [0.4, 0.5) is 5.69 Å². The molecule has 1 aliphatic rings. The lowest BCUT2D eigenvalue weighted by Crippen LogP contribution is -2.19. The molecule has 112 valence electrons. The van der Waals surface area contributed by atoms with E-state index in [-0.39, 0.29) is 5.56 Å². The van der Waals surface area contributed by atoms with Crippen LogP contribution in [0.25, 0.3) is 0 Å². The number of aromatic carboxylic acids is 1. The highest BCUT2D eigenvalue weighted by Crippen LogP contribution is 2.58. The lowest BCUT2D eigenvalue weighted by Gasteiger charge is -2.11. The van der Waals surface area contributed by atoms with Gasteiger partial charge in [0, 0.05) is 5.69 Å². The number of hydrogen-bond donors (Lipinski definition) is 3. The minimum absolute atomic E-state index is 0.109. The van der Waals surface area contributed by atoms with Crippen LogP contribution >= 0.6 is 0 Å². The number of aliphatic carboxylic acids is 1. The van der Waals surface area contributed by atoms with Gasteiger partial charge in [-0.05, 0) is 30.0 Å². The van der Waals surface area contributed by atoms with Crippen molar-refractivity contribution >= 4 is 23.5 Å². The Hall–Kier alpha value is -2.37.